The first-order valence-electron chi connectivity index (χ1n) is 9.39. The first kappa shape index (κ1) is 17.6. The number of nitrogens with zero attached hydrogens (tertiary/aromatic N) is 4. The molecule has 1 unspecified atom stereocenters. The van der Waals surface area contributed by atoms with E-state index in [-0.39, 0.29) is 0 Å². The van der Waals surface area contributed by atoms with Crippen LogP contribution in [0.1, 0.15) is 17.2 Å². The van der Waals surface area contributed by atoms with Gasteiger partial charge in [-0.05, 0) is 41.5 Å². The van der Waals surface area contributed by atoms with Gasteiger partial charge in [0, 0.05) is 63.5 Å². The topological polar surface area (TPSA) is 44.3 Å². The summed E-state index contributed by atoms with van der Waals surface area (Å²) in [5.41, 5.74) is 3.68. The minimum Gasteiger partial charge on any atom is -0.329 e. The van der Waals surface area contributed by atoms with Crippen molar-refractivity contribution in [1.82, 2.24) is 20.2 Å². The third-order valence-corrected chi connectivity index (χ3v) is 5.13. The van der Waals surface area contributed by atoms with Crippen LogP contribution in [0.5, 0.6) is 0 Å². The zero-order chi connectivity index (χ0) is 18.5. The number of hydrogen-bond donors (Lipinski definition) is 1. The summed E-state index contributed by atoms with van der Waals surface area (Å²) in [4.78, 5) is 13.5. The van der Waals surface area contributed by atoms with E-state index in [4.69, 9.17) is 4.98 Å². The third kappa shape index (κ3) is 4.15. The molecule has 5 nitrogen and oxygen atoms in total. The van der Waals surface area contributed by atoms with Crippen LogP contribution in [0.4, 0.5) is 11.5 Å². The highest BCUT2D eigenvalue weighted by atomic mass is 15.2. The zero-order valence-electron chi connectivity index (χ0n) is 15.6. The number of hydrogen-bond acceptors (Lipinski definition) is 5. The Morgan fingerprint density at radius 1 is 1.07 bits per heavy atom. The number of nitrogens with one attached hydrogen (secondary N) is 1. The molecule has 1 N–H and O–H groups in total. The van der Waals surface area contributed by atoms with Crippen molar-refractivity contribution < 1.29 is 0 Å². The lowest BCUT2D eigenvalue weighted by atomic mass is 10.0. The van der Waals surface area contributed by atoms with Crippen LogP contribution in [0.15, 0.2) is 73.2 Å². The molecular formula is C22H25N5. The smallest absolute Gasteiger partial charge is 0.132 e. The monoisotopic (exact) mass is 359 g/mol. The lowest BCUT2D eigenvalue weighted by Gasteiger charge is -2.36. The van der Waals surface area contributed by atoms with Gasteiger partial charge in [0.25, 0.3) is 0 Å². The van der Waals surface area contributed by atoms with Crippen molar-refractivity contribution in [2.45, 2.75) is 12.6 Å². The molecule has 1 fully saturated rings. The third-order valence-electron chi connectivity index (χ3n) is 5.13. The Morgan fingerprint density at radius 2 is 1.89 bits per heavy atom. The Bertz CT molecular complexity index is 836. The predicted molar refractivity (Wildman–Crippen MR) is 109 cm³/mol. The fraction of sp³-hybridized carbons (Fsp3) is 0.273. The average Bonchev–Trinajstić information content (AvgIpc) is 2.75. The van der Waals surface area contributed by atoms with E-state index in [1.165, 1.54) is 11.1 Å². The van der Waals surface area contributed by atoms with Gasteiger partial charge in [0.2, 0.25) is 0 Å². The van der Waals surface area contributed by atoms with Crippen LogP contribution in [0, 0.1) is 0 Å². The second-order valence-electron chi connectivity index (χ2n) is 6.89. The molecule has 5 heteroatoms. The van der Waals surface area contributed by atoms with Crippen molar-refractivity contribution in [3.8, 4) is 0 Å². The highest BCUT2D eigenvalue weighted by Gasteiger charge is 2.23. The van der Waals surface area contributed by atoms with Crippen molar-refractivity contribution in [2.24, 2.45) is 0 Å². The molecular weight excluding hydrogens is 334 g/mol. The van der Waals surface area contributed by atoms with Gasteiger partial charge in [-0.25, -0.2) is 4.98 Å². The quantitative estimate of drug-likeness (QED) is 0.756. The normalized spacial score (nSPS) is 17.6. The van der Waals surface area contributed by atoms with Crippen LogP contribution < -0.4 is 10.2 Å². The van der Waals surface area contributed by atoms with Gasteiger partial charge in [-0.3, -0.25) is 9.88 Å². The molecule has 1 aliphatic heterocycles. The van der Waals surface area contributed by atoms with Crippen molar-refractivity contribution in [3.05, 3.63) is 84.3 Å². The van der Waals surface area contributed by atoms with Gasteiger partial charge in [-0.15, -0.1) is 0 Å². The van der Waals surface area contributed by atoms with Gasteiger partial charge in [-0.1, -0.05) is 24.3 Å². The van der Waals surface area contributed by atoms with E-state index in [2.05, 4.69) is 56.5 Å². The molecule has 0 spiro atoms. The Hall–Kier alpha value is -2.76. The van der Waals surface area contributed by atoms with E-state index in [0.717, 1.165) is 37.7 Å². The lowest BCUT2D eigenvalue weighted by molar-refractivity contribution is 0.153. The summed E-state index contributed by atoms with van der Waals surface area (Å²) in [5.74, 6) is 0.955. The van der Waals surface area contributed by atoms with E-state index >= 15 is 0 Å². The number of benzene rings is 1. The number of piperazine rings is 1. The Balaban J connectivity index is 1.47. The Kier molecular flexibility index (Phi) is 5.42. The SMILES string of the molecule is CN(c1ccccc1)c1ccc(CN2CCNCC2c2ccncc2)cn1. The van der Waals surface area contributed by atoms with Gasteiger partial charge in [-0.2, -0.15) is 0 Å². The molecule has 0 saturated carbocycles. The van der Waals surface area contributed by atoms with Gasteiger partial charge >= 0.3 is 0 Å². The summed E-state index contributed by atoms with van der Waals surface area (Å²) in [6.45, 7) is 3.91. The fourth-order valence-corrected chi connectivity index (χ4v) is 3.58. The number of pyridine rings is 2. The molecule has 0 bridgehead atoms. The maximum atomic E-state index is 4.69. The van der Waals surface area contributed by atoms with Crippen LogP contribution >= 0.6 is 0 Å². The van der Waals surface area contributed by atoms with Crippen LogP contribution in [-0.2, 0) is 6.54 Å². The Labute approximate surface area is 160 Å². The van der Waals surface area contributed by atoms with E-state index < -0.39 is 0 Å². The molecule has 3 aromatic rings. The summed E-state index contributed by atoms with van der Waals surface area (Å²) in [6, 6.07) is 19.2. The lowest BCUT2D eigenvalue weighted by Crippen LogP contribution is -2.45. The molecule has 27 heavy (non-hydrogen) atoms. The maximum absolute atomic E-state index is 4.69. The molecule has 2 aromatic heterocycles. The van der Waals surface area contributed by atoms with Crippen molar-refractivity contribution in [3.63, 3.8) is 0 Å². The van der Waals surface area contributed by atoms with Crippen LogP contribution in [0.3, 0.4) is 0 Å². The largest absolute Gasteiger partial charge is 0.329 e. The molecule has 3 heterocycles. The zero-order valence-corrected chi connectivity index (χ0v) is 15.6. The molecule has 1 atom stereocenters. The first-order chi connectivity index (χ1) is 13.3. The van der Waals surface area contributed by atoms with E-state index in [1.807, 2.05) is 43.8 Å². The Morgan fingerprint density at radius 3 is 2.63 bits per heavy atom. The molecule has 0 aliphatic carbocycles. The van der Waals surface area contributed by atoms with Crippen molar-refractivity contribution in [1.29, 1.82) is 0 Å². The second kappa shape index (κ2) is 8.29. The number of aromatic nitrogens is 2. The van der Waals surface area contributed by atoms with Gasteiger partial charge in [0.05, 0.1) is 0 Å². The molecule has 4 rings (SSSR count). The number of anilines is 2. The van der Waals surface area contributed by atoms with E-state index in [0.29, 0.717) is 6.04 Å². The summed E-state index contributed by atoms with van der Waals surface area (Å²) >= 11 is 0. The molecule has 1 saturated heterocycles. The van der Waals surface area contributed by atoms with Crippen molar-refractivity contribution in [2.75, 3.05) is 31.6 Å². The molecule has 1 aromatic carbocycles. The minimum absolute atomic E-state index is 0.369. The maximum Gasteiger partial charge on any atom is 0.132 e. The predicted octanol–water partition coefficient (Wildman–Crippen LogP) is 3.39. The van der Waals surface area contributed by atoms with Gasteiger partial charge < -0.3 is 10.2 Å². The fourth-order valence-electron chi connectivity index (χ4n) is 3.58. The summed E-state index contributed by atoms with van der Waals surface area (Å²) < 4.78 is 0. The summed E-state index contributed by atoms with van der Waals surface area (Å²) in [6.07, 6.45) is 5.75. The minimum atomic E-state index is 0.369. The standard InChI is InChI=1S/C22H25N5/c1-26(20-5-3-2-4-6-20)22-8-7-18(15-25-22)17-27-14-13-24-16-21(27)19-9-11-23-12-10-19/h2-12,15,21,24H,13-14,16-17H2,1H3. The van der Waals surface area contributed by atoms with Crippen LogP contribution in [-0.4, -0.2) is 41.5 Å². The van der Waals surface area contributed by atoms with Gasteiger partial charge in [0.15, 0.2) is 0 Å². The molecule has 0 amide bonds. The van der Waals surface area contributed by atoms with E-state index in [1.54, 1.807) is 0 Å². The summed E-state index contributed by atoms with van der Waals surface area (Å²) in [5, 5.41) is 3.51. The second-order valence-corrected chi connectivity index (χ2v) is 6.89. The number of rotatable bonds is 5. The molecule has 1 aliphatic rings. The van der Waals surface area contributed by atoms with Crippen molar-refractivity contribution >= 4 is 11.5 Å². The highest BCUT2D eigenvalue weighted by molar-refractivity contribution is 5.58. The number of para-hydroxylation sites is 1. The van der Waals surface area contributed by atoms with Gasteiger partial charge in [0.1, 0.15) is 5.82 Å². The average molecular weight is 359 g/mol. The highest BCUT2D eigenvalue weighted by Crippen LogP contribution is 2.25. The molecule has 138 valence electrons. The van der Waals surface area contributed by atoms with E-state index in [9.17, 15) is 0 Å². The first-order valence-corrected chi connectivity index (χ1v) is 9.39. The van der Waals surface area contributed by atoms with Crippen LogP contribution in [0.25, 0.3) is 0 Å². The van der Waals surface area contributed by atoms with Crippen LogP contribution in [0.2, 0.25) is 0 Å². The molecule has 0 radical (unpaired) electrons. The summed E-state index contributed by atoms with van der Waals surface area (Å²) in [7, 11) is 2.05.